The van der Waals surface area contributed by atoms with Crippen LogP contribution in [0.5, 0.6) is 5.75 Å². The second kappa shape index (κ2) is 11.1. The van der Waals surface area contributed by atoms with E-state index in [4.69, 9.17) is 4.74 Å². The van der Waals surface area contributed by atoms with E-state index in [9.17, 15) is 5.11 Å². The SMILES string of the molecule is CCCCCCCCC(OC(C)(C)Cc1ccccc1O)c1ccccc1. The van der Waals surface area contributed by atoms with Crippen molar-refractivity contribution in [1.29, 1.82) is 0 Å². The van der Waals surface area contributed by atoms with Gasteiger partial charge in [0.1, 0.15) is 5.75 Å². The highest BCUT2D eigenvalue weighted by Gasteiger charge is 2.26. The number of hydrogen-bond donors (Lipinski definition) is 1. The maximum absolute atomic E-state index is 10.1. The van der Waals surface area contributed by atoms with Crippen LogP contribution in [-0.4, -0.2) is 10.7 Å². The highest BCUT2D eigenvalue weighted by Crippen LogP contribution is 2.32. The van der Waals surface area contributed by atoms with E-state index in [-0.39, 0.29) is 11.7 Å². The van der Waals surface area contributed by atoms with Crippen LogP contribution in [0.4, 0.5) is 0 Å². The van der Waals surface area contributed by atoms with Crippen LogP contribution in [0.3, 0.4) is 0 Å². The fourth-order valence-corrected chi connectivity index (χ4v) is 3.62. The minimum Gasteiger partial charge on any atom is -0.508 e. The van der Waals surface area contributed by atoms with Gasteiger partial charge < -0.3 is 9.84 Å². The summed E-state index contributed by atoms with van der Waals surface area (Å²) in [6.45, 7) is 6.50. The molecule has 0 heterocycles. The molecule has 148 valence electrons. The second-order valence-electron chi connectivity index (χ2n) is 8.14. The van der Waals surface area contributed by atoms with Crippen molar-refractivity contribution in [2.24, 2.45) is 0 Å². The summed E-state index contributed by atoms with van der Waals surface area (Å²) in [5.41, 5.74) is 1.84. The number of ether oxygens (including phenoxy) is 1. The van der Waals surface area contributed by atoms with Crippen LogP contribution in [0.2, 0.25) is 0 Å². The summed E-state index contributed by atoms with van der Waals surface area (Å²) in [5, 5.41) is 10.1. The number of phenols is 1. The van der Waals surface area contributed by atoms with Crippen molar-refractivity contribution in [2.45, 2.75) is 83.8 Å². The lowest BCUT2D eigenvalue weighted by atomic mass is 9.95. The molecule has 0 aromatic heterocycles. The summed E-state index contributed by atoms with van der Waals surface area (Å²) < 4.78 is 6.60. The van der Waals surface area contributed by atoms with Crippen LogP contribution < -0.4 is 0 Å². The topological polar surface area (TPSA) is 29.5 Å². The Hall–Kier alpha value is -1.80. The first kappa shape index (κ1) is 21.5. The minimum absolute atomic E-state index is 0.0956. The van der Waals surface area contributed by atoms with Gasteiger partial charge in [-0.25, -0.2) is 0 Å². The van der Waals surface area contributed by atoms with Crippen LogP contribution in [0.1, 0.15) is 82.9 Å². The summed E-state index contributed by atoms with van der Waals surface area (Å²) in [6.07, 6.45) is 9.58. The zero-order chi connectivity index (χ0) is 19.5. The molecule has 2 nitrogen and oxygen atoms in total. The summed E-state index contributed by atoms with van der Waals surface area (Å²) >= 11 is 0. The molecule has 0 bridgehead atoms. The van der Waals surface area contributed by atoms with Crippen LogP contribution in [-0.2, 0) is 11.2 Å². The van der Waals surface area contributed by atoms with Crippen molar-refractivity contribution in [3.05, 3.63) is 65.7 Å². The Morgan fingerprint density at radius 1 is 0.852 bits per heavy atom. The van der Waals surface area contributed by atoms with Crippen LogP contribution in [0.25, 0.3) is 0 Å². The van der Waals surface area contributed by atoms with E-state index in [0.717, 1.165) is 12.0 Å². The smallest absolute Gasteiger partial charge is 0.118 e. The van der Waals surface area contributed by atoms with Crippen LogP contribution in [0, 0.1) is 0 Å². The van der Waals surface area contributed by atoms with E-state index in [1.54, 1.807) is 6.07 Å². The number of unbranched alkanes of at least 4 members (excludes halogenated alkanes) is 5. The molecule has 2 rings (SSSR count). The molecule has 2 aromatic carbocycles. The Morgan fingerprint density at radius 3 is 2.19 bits per heavy atom. The molecule has 2 aromatic rings. The number of rotatable bonds is 12. The quantitative estimate of drug-likeness (QED) is 0.401. The third kappa shape index (κ3) is 7.76. The molecule has 0 amide bonds. The molecule has 27 heavy (non-hydrogen) atoms. The molecule has 0 saturated carbocycles. The lowest BCUT2D eigenvalue weighted by Gasteiger charge is -2.32. The van der Waals surface area contributed by atoms with E-state index in [1.165, 1.54) is 44.1 Å². The Bertz CT molecular complexity index is 648. The molecule has 0 aliphatic carbocycles. The lowest BCUT2D eigenvalue weighted by molar-refractivity contribution is -0.0773. The van der Waals surface area contributed by atoms with Crippen molar-refractivity contribution < 1.29 is 9.84 Å². The van der Waals surface area contributed by atoms with Crippen molar-refractivity contribution >= 4 is 0 Å². The van der Waals surface area contributed by atoms with E-state index in [2.05, 4.69) is 51.1 Å². The van der Waals surface area contributed by atoms with Gasteiger partial charge in [0.25, 0.3) is 0 Å². The molecule has 2 heteroatoms. The zero-order valence-corrected chi connectivity index (χ0v) is 17.3. The first-order chi connectivity index (χ1) is 13.0. The van der Waals surface area contributed by atoms with Gasteiger partial charge in [0.05, 0.1) is 11.7 Å². The Morgan fingerprint density at radius 2 is 1.48 bits per heavy atom. The average Bonchev–Trinajstić information content (AvgIpc) is 2.66. The summed E-state index contributed by atoms with van der Waals surface area (Å²) in [6, 6.07) is 18.1. The van der Waals surface area contributed by atoms with Gasteiger partial charge in [0.15, 0.2) is 0 Å². The van der Waals surface area contributed by atoms with E-state index < -0.39 is 0 Å². The maximum atomic E-state index is 10.1. The highest BCUT2D eigenvalue weighted by molar-refractivity contribution is 5.32. The van der Waals surface area contributed by atoms with Crippen molar-refractivity contribution in [3.63, 3.8) is 0 Å². The van der Waals surface area contributed by atoms with Crippen LogP contribution in [0.15, 0.2) is 54.6 Å². The molecule has 1 unspecified atom stereocenters. The highest BCUT2D eigenvalue weighted by atomic mass is 16.5. The van der Waals surface area contributed by atoms with Gasteiger partial charge in [-0.2, -0.15) is 0 Å². The zero-order valence-electron chi connectivity index (χ0n) is 17.3. The normalized spacial score (nSPS) is 12.9. The first-order valence-electron chi connectivity index (χ1n) is 10.5. The van der Waals surface area contributed by atoms with E-state index in [1.807, 2.05) is 18.2 Å². The van der Waals surface area contributed by atoms with E-state index in [0.29, 0.717) is 12.2 Å². The minimum atomic E-state index is -0.346. The average molecular weight is 369 g/mol. The third-order valence-corrected chi connectivity index (χ3v) is 5.06. The van der Waals surface area contributed by atoms with E-state index >= 15 is 0 Å². The predicted molar refractivity (Wildman–Crippen MR) is 114 cm³/mol. The Kier molecular flexibility index (Phi) is 8.87. The lowest BCUT2D eigenvalue weighted by Crippen LogP contribution is -2.29. The van der Waals surface area contributed by atoms with Gasteiger partial charge in [0.2, 0.25) is 0 Å². The maximum Gasteiger partial charge on any atom is 0.118 e. The van der Waals surface area contributed by atoms with Crippen LogP contribution >= 0.6 is 0 Å². The number of phenolic OH excluding ortho intramolecular Hbond substituents is 1. The second-order valence-corrected chi connectivity index (χ2v) is 8.14. The Balaban J connectivity index is 1.99. The molecular weight excluding hydrogens is 332 g/mol. The standard InChI is InChI=1S/C25H36O2/c1-4-5-6-7-8-12-19-24(21-15-10-9-11-16-21)27-25(2,3)20-22-17-13-14-18-23(22)26/h9-11,13-18,24,26H,4-8,12,19-20H2,1-3H3. The molecule has 0 aliphatic rings. The van der Waals surface area contributed by atoms with Crippen molar-refractivity contribution in [1.82, 2.24) is 0 Å². The fraction of sp³-hybridized carbons (Fsp3) is 0.520. The number of benzene rings is 2. The van der Waals surface area contributed by atoms with Crippen molar-refractivity contribution in [3.8, 4) is 5.75 Å². The number of hydrogen-bond acceptors (Lipinski definition) is 2. The Labute approximate surface area is 165 Å². The summed E-state index contributed by atoms with van der Waals surface area (Å²) in [5.74, 6) is 0.348. The molecule has 0 aliphatic heterocycles. The largest absolute Gasteiger partial charge is 0.508 e. The third-order valence-electron chi connectivity index (χ3n) is 5.06. The molecule has 0 saturated heterocycles. The predicted octanol–water partition coefficient (Wildman–Crippen LogP) is 7.22. The van der Waals surface area contributed by atoms with Gasteiger partial charge in [-0.05, 0) is 37.5 Å². The summed E-state index contributed by atoms with van der Waals surface area (Å²) in [7, 11) is 0. The van der Waals surface area contributed by atoms with Crippen molar-refractivity contribution in [2.75, 3.05) is 0 Å². The van der Waals surface area contributed by atoms with Gasteiger partial charge >= 0.3 is 0 Å². The number of para-hydroxylation sites is 1. The molecule has 1 atom stereocenters. The molecule has 0 radical (unpaired) electrons. The molecular formula is C25H36O2. The summed E-state index contributed by atoms with van der Waals surface area (Å²) in [4.78, 5) is 0. The molecule has 0 spiro atoms. The van der Waals surface area contributed by atoms with Gasteiger partial charge in [-0.3, -0.25) is 0 Å². The molecule has 0 fully saturated rings. The fourth-order valence-electron chi connectivity index (χ4n) is 3.62. The molecule has 1 N–H and O–H groups in total. The van der Waals surface area contributed by atoms with Gasteiger partial charge in [-0.15, -0.1) is 0 Å². The number of aromatic hydroxyl groups is 1. The van der Waals surface area contributed by atoms with Gasteiger partial charge in [-0.1, -0.05) is 94.0 Å². The monoisotopic (exact) mass is 368 g/mol. The first-order valence-corrected chi connectivity index (χ1v) is 10.5. The van der Waals surface area contributed by atoms with Gasteiger partial charge in [0, 0.05) is 6.42 Å².